The van der Waals surface area contributed by atoms with Crippen molar-refractivity contribution in [3.8, 4) is 5.75 Å². The molecule has 0 aliphatic carbocycles. The zero-order valence-electron chi connectivity index (χ0n) is 10.2. The van der Waals surface area contributed by atoms with Crippen LogP contribution in [0, 0.1) is 0 Å². The minimum Gasteiger partial charge on any atom is -0.493 e. The van der Waals surface area contributed by atoms with Gasteiger partial charge in [-0.05, 0) is 13.3 Å². The SMILES string of the molecule is CCC(OC)C(=O)c1c(OC)cnn1CC. The van der Waals surface area contributed by atoms with Crippen LogP contribution in [-0.4, -0.2) is 35.9 Å². The first-order valence-electron chi connectivity index (χ1n) is 5.36. The van der Waals surface area contributed by atoms with E-state index in [0.717, 1.165) is 0 Å². The van der Waals surface area contributed by atoms with Gasteiger partial charge < -0.3 is 9.47 Å². The average Bonchev–Trinajstić information content (AvgIpc) is 2.72. The number of carbonyl (C=O) groups excluding carboxylic acids is 1. The predicted octanol–water partition coefficient (Wildman–Crippen LogP) is 1.52. The van der Waals surface area contributed by atoms with E-state index in [1.807, 2.05) is 13.8 Å². The molecular weight excluding hydrogens is 208 g/mol. The molecule has 1 aromatic rings. The minimum absolute atomic E-state index is 0.0822. The lowest BCUT2D eigenvalue weighted by molar-refractivity contribution is 0.0582. The van der Waals surface area contributed by atoms with Crippen molar-refractivity contribution in [2.24, 2.45) is 0 Å². The highest BCUT2D eigenvalue weighted by atomic mass is 16.5. The van der Waals surface area contributed by atoms with E-state index >= 15 is 0 Å². The Labute approximate surface area is 95.3 Å². The summed E-state index contributed by atoms with van der Waals surface area (Å²) in [4.78, 5) is 12.2. The summed E-state index contributed by atoms with van der Waals surface area (Å²) in [6.45, 7) is 4.47. The Hall–Kier alpha value is -1.36. The van der Waals surface area contributed by atoms with Gasteiger partial charge in [0, 0.05) is 13.7 Å². The number of aryl methyl sites for hydroxylation is 1. The number of rotatable bonds is 6. The molecule has 0 N–H and O–H groups in total. The second kappa shape index (κ2) is 5.65. The van der Waals surface area contributed by atoms with Gasteiger partial charge >= 0.3 is 0 Å². The number of hydrogen-bond acceptors (Lipinski definition) is 4. The molecule has 0 radical (unpaired) electrons. The highest BCUT2D eigenvalue weighted by molar-refractivity contribution is 6.00. The summed E-state index contributed by atoms with van der Waals surface area (Å²) in [6, 6.07) is 0. The topological polar surface area (TPSA) is 53.4 Å². The lowest BCUT2D eigenvalue weighted by Gasteiger charge is -2.13. The van der Waals surface area contributed by atoms with Crippen LogP contribution >= 0.6 is 0 Å². The summed E-state index contributed by atoms with van der Waals surface area (Å²) in [5.41, 5.74) is 0.485. The van der Waals surface area contributed by atoms with Crippen molar-refractivity contribution in [3.05, 3.63) is 11.9 Å². The molecule has 0 fully saturated rings. The number of aromatic nitrogens is 2. The standard InChI is InChI=1S/C11H18N2O3/c1-5-8(15-3)11(14)10-9(16-4)7-12-13(10)6-2/h7-8H,5-6H2,1-4H3. The molecule has 16 heavy (non-hydrogen) atoms. The number of ether oxygens (including phenoxy) is 2. The summed E-state index contributed by atoms with van der Waals surface area (Å²) in [7, 11) is 3.06. The quantitative estimate of drug-likeness (QED) is 0.690. The van der Waals surface area contributed by atoms with E-state index in [0.29, 0.717) is 24.4 Å². The van der Waals surface area contributed by atoms with Crippen LogP contribution in [-0.2, 0) is 11.3 Å². The molecule has 5 nitrogen and oxygen atoms in total. The second-order valence-electron chi connectivity index (χ2n) is 3.37. The highest BCUT2D eigenvalue weighted by Gasteiger charge is 2.25. The zero-order chi connectivity index (χ0) is 12.1. The van der Waals surface area contributed by atoms with E-state index in [-0.39, 0.29) is 5.78 Å². The molecule has 0 spiro atoms. The molecule has 1 unspecified atom stereocenters. The van der Waals surface area contributed by atoms with Gasteiger partial charge in [-0.3, -0.25) is 9.48 Å². The summed E-state index contributed by atoms with van der Waals surface area (Å²) in [5, 5.41) is 4.09. The normalized spacial score (nSPS) is 12.5. The first-order valence-corrected chi connectivity index (χ1v) is 5.36. The van der Waals surface area contributed by atoms with Gasteiger partial charge in [-0.2, -0.15) is 5.10 Å². The van der Waals surface area contributed by atoms with Crippen LogP contribution in [0.15, 0.2) is 6.20 Å². The summed E-state index contributed by atoms with van der Waals surface area (Å²) < 4.78 is 11.9. The van der Waals surface area contributed by atoms with Crippen molar-refractivity contribution in [2.45, 2.75) is 32.9 Å². The lowest BCUT2D eigenvalue weighted by atomic mass is 10.1. The van der Waals surface area contributed by atoms with Crippen LogP contribution in [0.25, 0.3) is 0 Å². The zero-order valence-corrected chi connectivity index (χ0v) is 10.2. The molecule has 90 valence electrons. The van der Waals surface area contributed by atoms with Crippen LogP contribution in [0.3, 0.4) is 0 Å². The number of methoxy groups -OCH3 is 2. The fourth-order valence-corrected chi connectivity index (χ4v) is 1.62. The third-order valence-electron chi connectivity index (χ3n) is 2.51. The first kappa shape index (κ1) is 12.7. The van der Waals surface area contributed by atoms with Gasteiger partial charge in [0.25, 0.3) is 0 Å². The van der Waals surface area contributed by atoms with Crippen LogP contribution in [0.4, 0.5) is 0 Å². The third kappa shape index (κ3) is 2.24. The molecule has 5 heteroatoms. The van der Waals surface area contributed by atoms with Crippen LogP contribution < -0.4 is 4.74 Å². The monoisotopic (exact) mass is 226 g/mol. The molecule has 1 atom stereocenters. The Balaban J connectivity index is 3.09. The molecule has 0 saturated heterocycles. The largest absolute Gasteiger partial charge is 0.493 e. The number of carbonyl (C=O) groups is 1. The molecule has 0 saturated carbocycles. The van der Waals surface area contributed by atoms with Gasteiger partial charge in [-0.15, -0.1) is 0 Å². The van der Waals surface area contributed by atoms with Gasteiger partial charge in [0.2, 0.25) is 5.78 Å². The Morgan fingerprint density at radius 3 is 2.62 bits per heavy atom. The number of Topliss-reactive ketones (excluding diaryl/α,β-unsaturated/α-hetero) is 1. The van der Waals surface area contributed by atoms with Crippen molar-refractivity contribution in [1.82, 2.24) is 9.78 Å². The van der Waals surface area contributed by atoms with E-state index in [1.165, 1.54) is 14.2 Å². The summed E-state index contributed by atoms with van der Waals surface area (Å²) >= 11 is 0. The van der Waals surface area contributed by atoms with E-state index < -0.39 is 6.10 Å². The highest BCUT2D eigenvalue weighted by Crippen LogP contribution is 2.20. The smallest absolute Gasteiger partial charge is 0.213 e. The molecule has 1 rings (SSSR count). The van der Waals surface area contributed by atoms with E-state index in [1.54, 1.807) is 10.9 Å². The Kier molecular flexibility index (Phi) is 4.49. The molecule has 0 bridgehead atoms. The van der Waals surface area contributed by atoms with Crippen molar-refractivity contribution in [1.29, 1.82) is 0 Å². The van der Waals surface area contributed by atoms with Crippen molar-refractivity contribution < 1.29 is 14.3 Å². The summed E-state index contributed by atoms with van der Waals surface area (Å²) in [6.07, 6.45) is 1.75. The number of nitrogens with zero attached hydrogens (tertiary/aromatic N) is 2. The maximum atomic E-state index is 12.2. The molecule has 0 aliphatic rings. The van der Waals surface area contributed by atoms with E-state index in [2.05, 4.69) is 5.10 Å². The van der Waals surface area contributed by atoms with Gasteiger partial charge in [-0.25, -0.2) is 0 Å². The maximum absolute atomic E-state index is 12.2. The van der Waals surface area contributed by atoms with E-state index in [9.17, 15) is 4.79 Å². The van der Waals surface area contributed by atoms with Crippen LogP contribution in [0.2, 0.25) is 0 Å². The maximum Gasteiger partial charge on any atom is 0.213 e. The Morgan fingerprint density at radius 2 is 2.19 bits per heavy atom. The molecular formula is C11H18N2O3. The van der Waals surface area contributed by atoms with Gasteiger partial charge in [0.15, 0.2) is 5.75 Å². The summed E-state index contributed by atoms with van der Waals surface area (Å²) in [5.74, 6) is 0.420. The fraction of sp³-hybridized carbons (Fsp3) is 0.636. The molecule has 0 aromatic carbocycles. The van der Waals surface area contributed by atoms with Crippen molar-refractivity contribution in [2.75, 3.05) is 14.2 Å². The third-order valence-corrected chi connectivity index (χ3v) is 2.51. The van der Waals surface area contributed by atoms with Gasteiger partial charge in [0.1, 0.15) is 11.8 Å². The van der Waals surface area contributed by atoms with Gasteiger partial charge in [0.05, 0.1) is 13.3 Å². The van der Waals surface area contributed by atoms with Gasteiger partial charge in [-0.1, -0.05) is 6.92 Å². The van der Waals surface area contributed by atoms with Crippen molar-refractivity contribution >= 4 is 5.78 Å². The van der Waals surface area contributed by atoms with Crippen LogP contribution in [0.5, 0.6) is 5.75 Å². The second-order valence-corrected chi connectivity index (χ2v) is 3.37. The number of ketones is 1. The van der Waals surface area contributed by atoms with E-state index in [4.69, 9.17) is 9.47 Å². The Bertz CT molecular complexity index is 335. The lowest BCUT2D eigenvalue weighted by Crippen LogP contribution is -2.25. The van der Waals surface area contributed by atoms with Crippen molar-refractivity contribution in [3.63, 3.8) is 0 Å². The fourth-order valence-electron chi connectivity index (χ4n) is 1.62. The minimum atomic E-state index is -0.434. The Morgan fingerprint density at radius 1 is 1.50 bits per heavy atom. The molecule has 1 heterocycles. The van der Waals surface area contributed by atoms with Crippen LogP contribution in [0.1, 0.15) is 30.8 Å². The number of hydrogen-bond donors (Lipinski definition) is 0. The first-order chi connectivity index (χ1) is 7.69. The predicted molar refractivity (Wildman–Crippen MR) is 59.9 cm³/mol. The molecule has 1 aromatic heterocycles. The molecule has 0 amide bonds. The molecule has 0 aliphatic heterocycles. The average molecular weight is 226 g/mol.